The molecule has 7 heteroatoms. The Morgan fingerprint density at radius 3 is 2.45 bits per heavy atom. The topological polar surface area (TPSA) is 73.0 Å². The van der Waals surface area contributed by atoms with Crippen molar-refractivity contribution in [2.24, 2.45) is 0 Å². The summed E-state index contributed by atoms with van der Waals surface area (Å²) < 4.78 is 8.33. The molecule has 1 amide bonds. The zero-order valence-corrected chi connectivity index (χ0v) is 17.6. The molecule has 0 saturated heterocycles. The van der Waals surface area contributed by atoms with E-state index in [1.807, 2.05) is 55.5 Å². The Hall–Kier alpha value is -3.19. The lowest BCUT2D eigenvalue weighted by Crippen LogP contribution is -2.14. The molecule has 0 bridgehead atoms. The molecule has 4 aromatic rings. The van der Waals surface area contributed by atoms with Gasteiger partial charge in [0.2, 0.25) is 0 Å². The standard InChI is InChI=1S/C22H19BrN4O2/c1-3-20-19(12-25-27(20)18-10-6-16(23)7-11-18)22(28)26-17-8-4-15(5-9-17)21-13-24-14(2)29-21/h4-13H,3H2,1-2H3,(H,26,28). The van der Waals surface area contributed by atoms with Gasteiger partial charge in [-0.2, -0.15) is 5.10 Å². The third-order valence-corrected chi connectivity index (χ3v) is 5.10. The van der Waals surface area contributed by atoms with Crippen LogP contribution in [0, 0.1) is 6.92 Å². The molecular formula is C22H19BrN4O2. The lowest BCUT2D eigenvalue weighted by Gasteiger charge is -2.09. The first-order valence-corrected chi connectivity index (χ1v) is 10.0. The van der Waals surface area contributed by atoms with Crippen molar-refractivity contribution in [3.8, 4) is 17.0 Å². The zero-order valence-electron chi connectivity index (χ0n) is 16.0. The monoisotopic (exact) mass is 450 g/mol. The highest BCUT2D eigenvalue weighted by molar-refractivity contribution is 9.10. The van der Waals surface area contributed by atoms with Gasteiger partial charge >= 0.3 is 0 Å². The fourth-order valence-electron chi connectivity index (χ4n) is 3.12. The number of carbonyl (C=O) groups excluding carboxylic acids is 1. The van der Waals surface area contributed by atoms with Crippen LogP contribution in [0.1, 0.15) is 28.9 Å². The smallest absolute Gasteiger partial charge is 0.259 e. The van der Waals surface area contributed by atoms with Crippen LogP contribution in [0.3, 0.4) is 0 Å². The number of rotatable bonds is 5. The summed E-state index contributed by atoms with van der Waals surface area (Å²) in [4.78, 5) is 17.0. The Morgan fingerprint density at radius 2 is 1.83 bits per heavy atom. The van der Waals surface area contributed by atoms with E-state index in [-0.39, 0.29) is 5.91 Å². The molecule has 0 atom stereocenters. The van der Waals surface area contributed by atoms with Crippen LogP contribution in [0.5, 0.6) is 0 Å². The van der Waals surface area contributed by atoms with Crippen LogP contribution in [0.2, 0.25) is 0 Å². The van der Waals surface area contributed by atoms with E-state index in [9.17, 15) is 4.79 Å². The zero-order chi connectivity index (χ0) is 20.4. The molecule has 6 nitrogen and oxygen atoms in total. The largest absolute Gasteiger partial charge is 0.441 e. The summed E-state index contributed by atoms with van der Waals surface area (Å²) in [6.07, 6.45) is 3.98. The van der Waals surface area contributed by atoms with Crippen molar-refractivity contribution in [2.75, 3.05) is 5.32 Å². The van der Waals surface area contributed by atoms with Gasteiger partial charge in [-0.1, -0.05) is 22.9 Å². The molecule has 2 heterocycles. The van der Waals surface area contributed by atoms with Gasteiger partial charge in [0.1, 0.15) is 0 Å². The van der Waals surface area contributed by atoms with Gasteiger partial charge in [0, 0.05) is 22.6 Å². The Kier molecular flexibility index (Phi) is 5.31. The highest BCUT2D eigenvalue weighted by Gasteiger charge is 2.17. The third-order valence-electron chi connectivity index (χ3n) is 4.57. The van der Waals surface area contributed by atoms with Crippen LogP contribution >= 0.6 is 15.9 Å². The average Bonchev–Trinajstić information content (AvgIpc) is 3.35. The highest BCUT2D eigenvalue weighted by Crippen LogP contribution is 2.23. The summed E-state index contributed by atoms with van der Waals surface area (Å²) in [5.74, 6) is 1.13. The molecule has 0 aliphatic heterocycles. The molecular weight excluding hydrogens is 432 g/mol. The number of benzene rings is 2. The minimum absolute atomic E-state index is 0.187. The summed E-state index contributed by atoms with van der Waals surface area (Å²) in [6, 6.07) is 15.3. The number of aryl methyl sites for hydroxylation is 1. The normalized spacial score (nSPS) is 10.9. The van der Waals surface area contributed by atoms with Crippen LogP contribution < -0.4 is 5.32 Å². The number of amides is 1. The number of anilines is 1. The molecule has 0 aliphatic rings. The number of carbonyl (C=O) groups is 1. The molecule has 0 spiro atoms. The highest BCUT2D eigenvalue weighted by atomic mass is 79.9. The Balaban J connectivity index is 1.55. The molecule has 4 rings (SSSR count). The molecule has 0 saturated carbocycles. The first-order chi connectivity index (χ1) is 14.0. The number of hydrogen-bond acceptors (Lipinski definition) is 4. The van der Waals surface area contributed by atoms with Crippen LogP contribution in [0.4, 0.5) is 5.69 Å². The van der Waals surface area contributed by atoms with E-state index in [0.717, 1.165) is 21.4 Å². The van der Waals surface area contributed by atoms with E-state index in [2.05, 4.69) is 31.3 Å². The molecule has 0 radical (unpaired) electrons. The SMILES string of the molecule is CCc1c(C(=O)Nc2ccc(-c3cnc(C)o3)cc2)cnn1-c1ccc(Br)cc1. The summed E-state index contributed by atoms with van der Waals surface area (Å²) in [7, 11) is 0. The van der Waals surface area contributed by atoms with Gasteiger partial charge in [-0.3, -0.25) is 4.79 Å². The quantitative estimate of drug-likeness (QED) is 0.440. The van der Waals surface area contributed by atoms with Crippen LogP contribution in [-0.2, 0) is 6.42 Å². The summed E-state index contributed by atoms with van der Waals surface area (Å²) >= 11 is 3.44. The third kappa shape index (κ3) is 4.00. The molecule has 146 valence electrons. The average molecular weight is 451 g/mol. The minimum atomic E-state index is -0.187. The molecule has 0 aliphatic carbocycles. The number of hydrogen-bond donors (Lipinski definition) is 1. The van der Waals surface area contributed by atoms with Crippen molar-refractivity contribution in [1.82, 2.24) is 14.8 Å². The van der Waals surface area contributed by atoms with Crippen molar-refractivity contribution in [1.29, 1.82) is 0 Å². The van der Waals surface area contributed by atoms with Gasteiger partial charge in [-0.15, -0.1) is 0 Å². The summed E-state index contributed by atoms with van der Waals surface area (Å²) in [5.41, 5.74) is 3.94. The summed E-state index contributed by atoms with van der Waals surface area (Å²) in [6.45, 7) is 3.81. The Morgan fingerprint density at radius 1 is 1.10 bits per heavy atom. The van der Waals surface area contributed by atoms with E-state index in [1.165, 1.54) is 0 Å². The van der Waals surface area contributed by atoms with Gasteiger partial charge in [0.25, 0.3) is 5.91 Å². The number of nitrogens with zero attached hydrogens (tertiary/aromatic N) is 3. The molecule has 0 fully saturated rings. The van der Waals surface area contributed by atoms with Crippen LogP contribution in [0.15, 0.2) is 69.8 Å². The maximum absolute atomic E-state index is 12.9. The van der Waals surface area contributed by atoms with E-state index in [0.29, 0.717) is 29.3 Å². The lowest BCUT2D eigenvalue weighted by molar-refractivity contribution is 0.102. The second-order valence-electron chi connectivity index (χ2n) is 6.52. The van der Waals surface area contributed by atoms with Gasteiger partial charge in [-0.25, -0.2) is 9.67 Å². The van der Waals surface area contributed by atoms with E-state index in [4.69, 9.17) is 4.42 Å². The van der Waals surface area contributed by atoms with Crippen molar-refractivity contribution in [2.45, 2.75) is 20.3 Å². The van der Waals surface area contributed by atoms with Gasteiger partial charge in [0.05, 0.1) is 29.3 Å². The first kappa shape index (κ1) is 19.1. The van der Waals surface area contributed by atoms with Crippen molar-refractivity contribution >= 4 is 27.5 Å². The molecule has 1 N–H and O–H groups in total. The van der Waals surface area contributed by atoms with Crippen molar-refractivity contribution < 1.29 is 9.21 Å². The van der Waals surface area contributed by atoms with E-state index < -0.39 is 0 Å². The summed E-state index contributed by atoms with van der Waals surface area (Å²) in [5, 5.41) is 7.37. The maximum atomic E-state index is 12.9. The molecule has 2 aromatic heterocycles. The van der Waals surface area contributed by atoms with E-state index in [1.54, 1.807) is 24.0 Å². The fourth-order valence-corrected chi connectivity index (χ4v) is 3.38. The number of aromatic nitrogens is 3. The van der Waals surface area contributed by atoms with Gasteiger partial charge in [0.15, 0.2) is 11.7 Å². The fraction of sp³-hybridized carbons (Fsp3) is 0.136. The van der Waals surface area contributed by atoms with Gasteiger partial charge < -0.3 is 9.73 Å². The number of halogens is 1. The number of nitrogens with one attached hydrogen (secondary N) is 1. The predicted octanol–water partition coefficient (Wildman–Crippen LogP) is 5.41. The van der Waals surface area contributed by atoms with Crippen molar-refractivity contribution in [3.63, 3.8) is 0 Å². The number of oxazole rings is 1. The van der Waals surface area contributed by atoms with Crippen molar-refractivity contribution in [3.05, 3.63) is 82.5 Å². The van der Waals surface area contributed by atoms with Crippen LogP contribution in [-0.4, -0.2) is 20.7 Å². The minimum Gasteiger partial charge on any atom is -0.441 e. The molecule has 0 unspecified atom stereocenters. The van der Waals surface area contributed by atoms with Crippen LogP contribution in [0.25, 0.3) is 17.0 Å². The van der Waals surface area contributed by atoms with E-state index >= 15 is 0 Å². The first-order valence-electron chi connectivity index (χ1n) is 9.22. The molecule has 29 heavy (non-hydrogen) atoms. The Bertz CT molecular complexity index is 1140. The second-order valence-corrected chi connectivity index (χ2v) is 7.44. The lowest BCUT2D eigenvalue weighted by atomic mass is 10.1. The second kappa shape index (κ2) is 8.05. The maximum Gasteiger partial charge on any atom is 0.259 e. The predicted molar refractivity (Wildman–Crippen MR) is 115 cm³/mol. The Labute approximate surface area is 176 Å². The van der Waals surface area contributed by atoms with Gasteiger partial charge in [-0.05, 0) is 55.0 Å². The molecule has 2 aromatic carbocycles.